The highest BCUT2D eigenvalue weighted by Gasteiger charge is 2.26. The third-order valence-electron chi connectivity index (χ3n) is 5.85. The molecule has 0 saturated heterocycles. The average molecular weight is 703 g/mol. The van der Waals surface area contributed by atoms with E-state index >= 15 is 0 Å². The number of rotatable bonds is 5. The van der Waals surface area contributed by atoms with Crippen LogP contribution in [0.5, 0.6) is 0 Å². The van der Waals surface area contributed by atoms with Crippen molar-refractivity contribution < 1.29 is 4.79 Å². The summed E-state index contributed by atoms with van der Waals surface area (Å²) in [5.74, 6) is 1.45. The van der Waals surface area contributed by atoms with Crippen LogP contribution in [0.25, 0.3) is 0 Å². The third-order valence-corrected chi connectivity index (χ3v) is 7.71. The van der Waals surface area contributed by atoms with Gasteiger partial charge in [-0.25, -0.2) is 24.7 Å². The lowest BCUT2D eigenvalue weighted by Gasteiger charge is -2.08. The minimum absolute atomic E-state index is 0.173. The zero-order chi connectivity index (χ0) is 31.1. The Balaban J connectivity index is 0.000000168. The Bertz CT molecular complexity index is 1620. The second kappa shape index (κ2) is 15.1. The molecule has 2 aromatic carbocycles. The molecule has 2 fully saturated rings. The fourth-order valence-electron chi connectivity index (χ4n) is 3.50. The predicted molar refractivity (Wildman–Crippen MR) is 173 cm³/mol. The minimum atomic E-state index is -0.484. The number of amides is 2. The van der Waals surface area contributed by atoms with Gasteiger partial charge in [0.1, 0.15) is 16.0 Å². The quantitative estimate of drug-likeness (QED) is 0.138. The molecule has 0 spiro atoms. The van der Waals surface area contributed by atoms with E-state index in [9.17, 15) is 9.70 Å². The number of carbonyl (C=O) groups excluding carboxylic acids is 1. The highest BCUT2D eigenvalue weighted by atomic mass is 35.5. The van der Waals surface area contributed by atoms with Crippen LogP contribution in [0.4, 0.5) is 28.1 Å². The topological polar surface area (TPSA) is 148 Å². The van der Waals surface area contributed by atoms with E-state index in [0.717, 1.165) is 24.2 Å². The van der Waals surface area contributed by atoms with E-state index in [4.69, 9.17) is 75.3 Å². The van der Waals surface area contributed by atoms with Crippen LogP contribution in [0.2, 0.25) is 30.4 Å². The minimum Gasteiger partial charge on any atom is -0.368 e. The number of nitrogens with zero attached hydrogens (tertiary/aromatic N) is 5. The summed E-state index contributed by atoms with van der Waals surface area (Å²) >= 11 is 34.5. The average Bonchev–Trinajstić information content (AvgIpc) is 3.86. The standard InChI is InChI=1S/C14H11Cl3N4O.C7H8ClN3.C6H3Cl2NO/c15-9-4-3-8(5-10(9)16)18-14(22)21-13-19-11(7-1-2-7)6-12(17)20-13;8-6-3-5(4-1-2-4)10-7(9)11-6;7-5-2-1-4(9-10)3-6(5)8/h3-7H,1-2H2,(H2,18,19,20,21,22);3-4H,1-2H2,(H2,9,10,11);1-3H. The van der Waals surface area contributed by atoms with E-state index in [2.05, 4.69) is 35.7 Å². The lowest BCUT2D eigenvalue weighted by Crippen LogP contribution is -2.21. The number of benzene rings is 2. The van der Waals surface area contributed by atoms with E-state index in [1.165, 1.54) is 31.0 Å². The number of nitrogen functional groups attached to an aromatic ring is 1. The van der Waals surface area contributed by atoms with E-state index in [0.29, 0.717) is 47.9 Å². The van der Waals surface area contributed by atoms with Gasteiger partial charge in [0.05, 0.1) is 31.5 Å². The van der Waals surface area contributed by atoms with Crippen LogP contribution in [-0.4, -0.2) is 26.0 Å². The Morgan fingerprint density at radius 1 is 0.698 bits per heavy atom. The molecule has 4 N–H and O–H groups in total. The molecule has 0 unspecified atom stereocenters. The molecule has 4 aromatic rings. The van der Waals surface area contributed by atoms with Crippen molar-refractivity contribution in [1.82, 2.24) is 19.9 Å². The summed E-state index contributed by atoms with van der Waals surface area (Å²) in [6.45, 7) is 0. The number of urea groups is 1. The SMILES string of the molecule is Nc1nc(Cl)cc(C2CC2)n1.O=C(Nc1ccc(Cl)c(Cl)c1)Nc1nc(Cl)cc(C2CC2)n1.O=Nc1ccc(Cl)c(Cl)c1. The summed E-state index contributed by atoms with van der Waals surface area (Å²) in [4.78, 5) is 38.0. The predicted octanol–water partition coefficient (Wildman–Crippen LogP) is 9.94. The van der Waals surface area contributed by atoms with E-state index in [1.807, 2.05) is 0 Å². The molecule has 2 aliphatic rings. The molecule has 16 heteroatoms. The van der Waals surface area contributed by atoms with Crippen molar-refractivity contribution in [3.63, 3.8) is 0 Å². The number of nitrogens with one attached hydrogen (secondary N) is 2. The van der Waals surface area contributed by atoms with Crippen molar-refractivity contribution in [1.29, 1.82) is 0 Å². The highest BCUT2D eigenvalue weighted by Crippen LogP contribution is 2.40. The van der Waals surface area contributed by atoms with Gasteiger partial charge in [-0.15, -0.1) is 4.91 Å². The Morgan fingerprint density at radius 2 is 1.26 bits per heavy atom. The van der Waals surface area contributed by atoms with Crippen LogP contribution in [0.3, 0.4) is 0 Å². The van der Waals surface area contributed by atoms with Crippen molar-refractivity contribution in [2.75, 3.05) is 16.4 Å². The number of halogens is 6. The van der Waals surface area contributed by atoms with Gasteiger partial charge >= 0.3 is 6.03 Å². The highest BCUT2D eigenvalue weighted by molar-refractivity contribution is 6.42. The fraction of sp³-hybridized carbons (Fsp3) is 0.222. The Hall–Kier alpha value is -2.99. The largest absolute Gasteiger partial charge is 0.368 e. The van der Waals surface area contributed by atoms with Crippen LogP contribution in [0.15, 0.2) is 53.7 Å². The molecule has 0 aliphatic heterocycles. The van der Waals surface area contributed by atoms with Gasteiger partial charge in [0.25, 0.3) is 0 Å². The van der Waals surface area contributed by atoms with Crippen molar-refractivity contribution in [2.45, 2.75) is 37.5 Å². The normalized spacial score (nSPS) is 13.5. The first-order chi connectivity index (χ1) is 20.5. The number of hydrogen-bond donors (Lipinski definition) is 3. The van der Waals surface area contributed by atoms with E-state index < -0.39 is 6.03 Å². The molecular formula is C27H22Cl6N8O2. The van der Waals surface area contributed by atoms with Crippen LogP contribution >= 0.6 is 69.6 Å². The molecule has 2 amide bonds. The number of hydrogen-bond acceptors (Lipinski definition) is 8. The number of anilines is 3. The summed E-state index contributed by atoms with van der Waals surface area (Å²) in [5, 5.41) is 10.2. The zero-order valence-corrected chi connectivity index (χ0v) is 26.5. The first kappa shape index (κ1) is 32.9. The monoisotopic (exact) mass is 700 g/mol. The maximum Gasteiger partial charge on any atom is 0.326 e. The summed E-state index contributed by atoms with van der Waals surface area (Å²) < 4.78 is 0. The van der Waals surface area contributed by atoms with E-state index in [-0.39, 0.29) is 17.6 Å². The molecule has 0 radical (unpaired) electrons. The molecular weight excluding hydrogens is 681 g/mol. The summed E-state index contributed by atoms with van der Waals surface area (Å²) in [6.07, 6.45) is 4.57. The van der Waals surface area contributed by atoms with Gasteiger partial charge in [0.2, 0.25) is 11.9 Å². The number of carbonyl (C=O) groups is 1. The lowest BCUT2D eigenvalue weighted by atomic mass is 10.3. The molecule has 2 aromatic heterocycles. The van der Waals surface area contributed by atoms with Gasteiger partial charge in [0, 0.05) is 17.5 Å². The van der Waals surface area contributed by atoms with Gasteiger partial charge in [-0.3, -0.25) is 5.32 Å². The third kappa shape index (κ3) is 10.6. The molecule has 43 heavy (non-hydrogen) atoms. The molecule has 0 atom stereocenters. The van der Waals surface area contributed by atoms with Gasteiger partial charge in [-0.2, -0.15) is 0 Å². The second-order valence-corrected chi connectivity index (χ2v) is 11.8. The maximum atomic E-state index is 12.0. The van der Waals surface area contributed by atoms with Crippen molar-refractivity contribution in [3.05, 3.63) is 95.2 Å². The zero-order valence-electron chi connectivity index (χ0n) is 22.0. The molecule has 224 valence electrons. The smallest absolute Gasteiger partial charge is 0.326 e. The maximum absolute atomic E-state index is 12.0. The van der Waals surface area contributed by atoms with Gasteiger partial charge in [0.15, 0.2) is 0 Å². The molecule has 2 aliphatic carbocycles. The van der Waals surface area contributed by atoms with Crippen LogP contribution in [-0.2, 0) is 0 Å². The summed E-state index contributed by atoms with van der Waals surface area (Å²) in [7, 11) is 0. The fourth-order valence-corrected chi connectivity index (χ4v) is 4.48. The van der Waals surface area contributed by atoms with Crippen LogP contribution < -0.4 is 16.4 Å². The first-order valence-electron chi connectivity index (χ1n) is 12.7. The number of nitroso groups, excluding NO2 is 1. The van der Waals surface area contributed by atoms with Crippen LogP contribution in [0, 0.1) is 4.91 Å². The molecule has 6 rings (SSSR count). The number of aromatic nitrogens is 4. The molecule has 10 nitrogen and oxygen atoms in total. The summed E-state index contributed by atoms with van der Waals surface area (Å²) in [6, 6.07) is 12.3. The molecule has 2 saturated carbocycles. The van der Waals surface area contributed by atoms with E-state index in [1.54, 1.807) is 30.3 Å². The Kier molecular flexibility index (Phi) is 11.6. The Labute approximate surface area is 276 Å². The van der Waals surface area contributed by atoms with Crippen molar-refractivity contribution >= 4 is 98.9 Å². The number of nitrogens with two attached hydrogens (primary N) is 1. The van der Waals surface area contributed by atoms with Crippen molar-refractivity contribution in [2.24, 2.45) is 5.18 Å². The second-order valence-electron chi connectivity index (χ2n) is 9.36. The van der Waals surface area contributed by atoms with Crippen molar-refractivity contribution in [3.8, 4) is 0 Å². The van der Waals surface area contributed by atoms with Gasteiger partial charge in [-0.1, -0.05) is 69.6 Å². The van der Waals surface area contributed by atoms with Gasteiger partial charge in [-0.05, 0) is 79.4 Å². The Morgan fingerprint density at radius 3 is 1.79 bits per heavy atom. The lowest BCUT2D eigenvalue weighted by molar-refractivity contribution is 0.262. The van der Waals surface area contributed by atoms with Crippen LogP contribution in [0.1, 0.15) is 48.9 Å². The summed E-state index contributed by atoms with van der Waals surface area (Å²) in [5.41, 5.74) is 8.06. The molecule has 0 bridgehead atoms. The molecule has 2 heterocycles. The first-order valence-corrected chi connectivity index (χ1v) is 14.9. The van der Waals surface area contributed by atoms with Gasteiger partial charge < -0.3 is 11.1 Å².